The number of aryl methyl sites for hydroxylation is 1. The number of carbonyl (C=O) groups excluding carboxylic acids is 1. The summed E-state index contributed by atoms with van der Waals surface area (Å²) in [6.07, 6.45) is -0.262. The van der Waals surface area contributed by atoms with Crippen molar-refractivity contribution in [1.29, 1.82) is 0 Å². The highest BCUT2D eigenvalue weighted by Crippen LogP contribution is 2.42. The topological polar surface area (TPSA) is 135 Å². The lowest BCUT2D eigenvalue weighted by Gasteiger charge is -2.19. The number of rotatable bonds is 7. The third-order valence-electron chi connectivity index (χ3n) is 4.91. The smallest absolute Gasteiger partial charge is 0.309 e. The van der Waals surface area contributed by atoms with E-state index in [-0.39, 0.29) is 45.2 Å². The van der Waals surface area contributed by atoms with Crippen LogP contribution in [-0.2, 0) is 21.2 Å². The van der Waals surface area contributed by atoms with Gasteiger partial charge in [0.05, 0.1) is 24.9 Å². The van der Waals surface area contributed by atoms with Crippen LogP contribution in [0.1, 0.15) is 21.6 Å². The minimum absolute atomic E-state index is 0.115. The summed E-state index contributed by atoms with van der Waals surface area (Å²) in [6, 6.07) is 7.23. The third-order valence-corrected chi connectivity index (χ3v) is 7.71. The number of nitrogens with one attached hydrogen (secondary N) is 1. The number of hydrogen-bond acceptors (Lipinski definition) is 8. The molecule has 0 radical (unpaired) electrons. The van der Waals surface area contributed by atoms with Crippen molar-refractivity contribution in [3.8, 4) is 11.5 Å². The van der Waals surface area contributed by atoms with Gasteiger partial charge in [0.15, 0.2) is 11.9 Å². The van der Waals surface area contributed by atoms with Crippen LogP contribution in [0.5, 0.6) is 11.5 Å². The Morgan fingerprint density at radius 3 is 2.79 bits per heavy atom. The van der Waals surface area contributed by atoms with Crippen molar-refractivity contribution in [2.45, 2.75) is 18.2 Å². The molecule has 0 spiro atoms. The van der Waals surface area contributed by atoms with Crippen LogP contribution in [-0.4, -0.2) is 44.2 Å². The largest absolute Gasteiger partial charge is 0.495 e. The fraction of sp³-hybridized carbons (Fsp3) is 0.190. The molecule has 0 saturated heterocycles. The van der Waals surface area contributed by atoms with Gasteiger partial charge in [-0.05, 0) is 42.8 Å². The van der Waals surface area contributed by atoms with Crippen molar-refractivity contribution in [1.82, 2.24) is 4.98 Å². The first-order valence-corrected chi connectivity index (χ1v) is 12.4. The summed E-state index contributed by atoms with van der Waals surface area (Å²) in [5, 5.41) is 13.5. The van der Waals surface area contributed by atoms with Crippen LogP contribution < -0.4 is 19.1 Å². The van der Waals surface area contributed by atoms with Gasteiger partial charge < -0.3 is 14.6 Å². The van der Waals surface area contributed by atoms with Gasteiger partial charge in [0.25, 0.3) is 15.9 Å². The van der Waals surface area contributed by atoms with Crippen LogP contribution in [0.15, 0.2) is 40.6 Å². The van der Waals surface area contributed by atoms with Crippen molar-refractivity contribution in [2.24, 2.45) is 0 Å². The molecule has 34 heavy (non-hydrogen) atoms. The molecule has 2 N–H and O–H groups in total. The number of thiazole rings is 1. The first kappa shape index (κ1) is 23.8. The number of halogens is 1. The zero-order chi connectivity index (χ0) is 24.6. The molecule has 0 atom stereocenters. The first-order valence-electron chi connectivity index (χ1n) is 9.71. The molecule has 1 amide bonds. The molecule has 4 rings (SSSR count). The van der Waals surface area contributed by atoms with Gasteiger partial charge in [0.1, 0.15) is 16.4 Å². The minimum Gasteiger partial charge on any atom is -0.495 e. The van der Waals surface area contributed by atoms with Gasteiger partial charge in [-0.3, -0.25) is 14.9 Å². The number of aliphatic carboxylic acids is 1. The fourth-order valence-electron chi connectivity index (χ4n) is 3.39. The van der Waals surface area contributed by atoms with E-state index in [9.17, 15) is 18.0 Å². The summed E-state index contributed by atoms with van der Waals surface area (Å²) < 4.78 is 38.8. The quantitative estimate of drug-likeness (QED) is 0.480. The molecule has 0 bridgehead atoms. The molecule has 3 aromatic rings. The summed E-state index contributed by atoms with van der Waals surface area (Å²) in [6.45, 7) is 1.41. The standard InChI is InChI=1S/C21H18ClN3O7S2/c1-11-5-12(20(28)24-21-23-14(9-33-21)8-18(26)27)6-15-19(11)32-10-25(15)34(29,30)17-7-13(22)3-4-16(17)31-2/h3-7,9H,8,10H2,1-2H3,(H,26,27)(H,23,24,28). The molecule has 0 saturated carbocycles. The van der Waals surface area contributed by atoms with Gasteiger partial charge in [0, 0.05) is 16.0 Å². The van der Waals surface area contributed by atoms with Gasteiger partial charge in [0.2, 0.25) is 0 Å². The lowest BCUT2D eigenvalue weighted by atomic mass is 10.1. The zero-order valence-corrected chi connectivity index (χ0v) is 20.3. The highest BCUT2D eigenvalue weighted by atomic mass is 35.5. The number of amides is 1. The number of ether oxygens (including phenoxy) is 2. The molecule has 2 aromatic carbocycles. The number of carboxylic acids is 1. The van der Waals surface area contributed by atoms with E-state index in [1.165, 1.54) is 36.8 Å². The zero-order valence-electron chi connectivity index (χ0n) is 17.9. The van der Waals surface area contributed by atoms with E-state index >= 15 is 0 Å². The minimum atomic E-state index is -4.14. The second kappa shape index (κ2) is 9.12. The van der Waals surface area contributed by atoms with Crippen molar-refractivity contribution in [2.75, 3.05) is 23.5 Å². The number of carbonyl (C=O) groups is 2. The maximum absolute atomic E-state index is 13.5. The van der Waals surface area contributed by atoms with Gasteiger partial charge >= 0.3 is 5.97 Å². The summed E-state index contributed by atoms with van der Waals surface area (Å²) in [4.78, 5) is 27.6. The van der Waals surface area contributed by atoms with E-state index in [2.05, 4.69) is 10.3 Å². The van der Waals surface area contributed by atoms with Gasteiger partial charge in [-0.25, -0.2) is 17.7 Å². The van der Waals surface area contributed by atoms with E-state index in [0.29, 0.717) is 17.0 Å². The predicted molar refractivity (Wildman–Crippen MR) is 126 cm³/mol. The van der Waals surface area contributed by atoms with Crippen molar-refractivity contribution >= 4 is 55.7 Å². The Morgan fingerprint density at radius 1 is 1.32 bits per heavy atom. The molecule has 10 nitrogen and oxygen atoms in total. The van der Waals surface area contributed by atoms with Crippen LogP contribution in [0.3, 0.4) is 0 Å². The highest BCUT2D eigenvalue weighted by Gasteiger charge is 2.36. The van der Waals surface area contributed by atoms with Crippen LogP contribution in [0, 0.1) is 6.92 Å². The molecule has 0 aliphatic carbocycles. The van der Waals surface area contributed by atoms with Crippen LogP contribution in [0.25, 0.3) is 0 Å². The van der Waals surface area contributed by atoms with Crippen molar-refractivity contribution in [3.05, 3.63) is 57.6 Å². The van der Waals surface area contributed by atoms with Crippen molar-refractivity contribution < 1.29 is 32.6 Å². The summed E-state index contributed by atoms with van der Waals surface area (Å²) in [5.74, 6) is -1.12. The third kappa shape index (κ3) is 4.52. The average Bonchev–Trinajstić information content (AvgIpc) is 3.40. The van der Waals surface area contributed by atoms with Crippen LogP contribution in [0.4, 0.5) is 10.8 Å². The number of anilines is 2. The Bertz CT molecular complexity index is 1410. The lowest BCUT2D eigenvalue weighted by Crippen LogP contribution is -2.30. The molecule has 13 heteroatoms. The fourth-order valence-corrected chi connectivity index (χ4v) is 5.84. The Balaban J connectivity index is 1.67. The molecular weight excluding hydrogens is 506 g/mol. The second-order valence-electron chi connectivity index (χ2n) is 7.23. The molecule has 0 fully saturated rings. The Morgan fingerprint density at radius 2 is 2.09 bits per heavy atom. The molecular formula is C21H18ClN3O7S2. The number of nitrogens with zero attached hydrogens (tertiary/aromatic N) is 2. The van der Waals surface area contributed by atoms with Gasteiger partial charge in [-0.2, -0.15) is 0 Å². The van der Waals surface area contributed by atoms with E-state index in [1.54, 1.807) is 13.0 Å². The number of aromatic nitrogens is 1. The number of carboxylic acid groups (broad SMARTS) is 1. The van der Waals surface area contributed by atoms with Crippen molar-refractivity contribution in [3.63, 3.8) is 0 Å². The Kier molecular flexibility index (Phi) is 6.39. The summed E-state index contributed by atoms with van der Waals surface area (Å²) >= 11 is 7.11. The normalized spacial score (nSPS) is 12.7. The number of fused-ring (bicyclic) bond motifs is 1. The van der Waals surface area contributed by atoms with Gasteiger partial charge in [-0.1, -0.05) is 11.6 Å². The maximum Gasteiger partial charge on any atom is 0.309 e. The number of benzene rings is 2. The number of sulfonamides is 1. The molecule has 1 aromatic heterocycles. The highest BCUT2D eigenvalue weighted by molar-refractivity contribution is 7.93. The average molecular weight is 524 g/mol. The van der Waals surface area contributed by atoms with E-state index < -0.39 is 21.9 Å². The number of hydrogen-bond donors (Lipinski definition) is 2. The van der Waals surface area contributed by atoms with E-state index in [0.717, 1.165) is 15.6 Å². The van der Waals surface area contributed by atoms with Crippen LogP contribution >= 0.6 is 22.9 Å². The maximum atomic E-state index is 13.5. The van der Waals surface area contributed by atoms with E-state index in [4.69, 9.17) is 26.2 Å². The first-order chi connectivity index (χ1) is 16.1. The molecule has 178 valence electrons. The van der Waals surface area contributed by atoms with E-state index in [1.807, 2.05) is 0 Å². The molecule has 0 unspecified atom stereocenters. The molecule has 2 heterocycles. The van der Waals surface area contributed by atoms with Crippen LogP contribution in [0.2, 0.25) is 5.02 Å². The summed E-state index contributed by atoms with van der Waals surface area (Å²) in [7, 11) is -2.79. The molecule has 1 aliphatic heterocycles. The predicted octanol–water partition coefficient (Wildman–Crippen LogP) is 3.54. The van der Waals surface area contributed by atoms with Gasteiger partial charge in [-0.15, -0.1) is 11.3 Å². The lowest BCUT2D eigenvalue weighted by molar-refractivity contribution is -0.136. The second-order valence-corrected chi connectivity index (χ2v) is 10.4. The Hall–Kier alpha value is -3.35. The Labute approximate surface area is 203 Å². The molecule has 1 aliphatic rings. The number of methoxy groups -OCH3 is 1. The summed E-state index contributed by atoms with van der Waals surface area (Å²) in [5.41, 5.74) is 1.25. The monoisotopic (exact) mass is 523 g/mol. The SMILES string of the molecule is COc1ccc(Cl)cc1S(=O)(=O)N1COc2c(C)cc(C(=O)Nc3nc(CC(=O)O)cs3)cc21.